The summed E-state index contributed by atoms with van der Waals surface area (Å²) in [4.78, 5) is 5.08. The van der Waals surface area contributed by atoms with Crippen LogP contribution in [0, 0.1) is 5.92 Å². The van der Waals surface area contributed by atoms with Gasteiger partial charge >= 0.3 is 0 Å². The highest BCUT2D eigenvalue weighted by Crippen LogP contribution is 2.30. The molecular formula is C13H27N3. The van der Waals surface area contributed by atoms with Gasteiger partial charge in [0.15, 0.2) is 0 Å². The quantitative estimate of drug-likeness (QED) is 0.782. The monoisotopic (exact) mass is 225 g/mol. The molecule has 0 radical (unpaired) electrons. The maximum Gasteiger partial charge on any atom is 0.0229 e. The Labute approximate surface area is 100.0 Å². The van der Waals surface area contributed by atoms with Gasteiger partial charge in [0, 0.05) is 25.2 Å². The van der Waals surface area contributed by atoms with Gasteiger partial charge in [0.1, 0.15) is 0 Å². The molecule has 1 saturated heterocycles. The fraction of sp³-hybridized carbons (Fsp3) is 1.00. The van der Waals surface area contributed by atoms with E-state index in [0.29, 0.717) is 0 Å². The summed E-state index contributed by atoms with van der Waals surface area (Å²) in [7, 11) is 4.41. The largest absolute Gasteiger partial charge is 0.330 e. The summed E-state index contributed by atoms with van der Waals surface area (Å²) >= 11 is 0. The Balaban J connectivity index is 1.91. The average Bonchev–Trinajstić information content (AvgIpc) is 2.78. The van der Waals surface area contributed by atoms with Crippen molar-refractivity contribution < 1.29 is 0 Å². The van der Waals surface area contributed by atoms with Crippen LogP contribution in [0.4, 0.5) is 0 Å². The second-order valence-electron chi connectivity index (χ2n) is 5.75. The summed E-state index contributed by atoms with van der Waals surface area (Å²) in [5.74, 6) is 0.759. The normalized spacial score (nSPS) is 37.1. The van der Waals surface area contributed by atoms with Gasteiger partial charge in [-0.25, -0.2) is 0 Å². The molecule has 16 heavy (non-hydrogen) atoms. The number of hydrogen-bond donors (Lipinski definition) is 1. The molecule has 3 unspecified atom stereocenters. The number of likely N-dealkylation sites (N-methyl/N-ethyl adjacent to an activating group) is 1. The Morgan fingerprint density at radius 1 is 1.19 bits per heavy atom. The standard InChI is InChI=1S/C13H27N3/c1-15(2)12-7-8-16(10-12)13-6-4-3-5-11(13)9-14/h11-13H,3-10,14H2,1-2H3. The molecule has 2 fully saturated rings. The molecule has 2 aliphatic rings. The molecule has 1 heterocycles. The van der Waals surface area contributed by atoms with Gasteiger partial charge in [-0.1, -0.05) is 12.8 Å². The third-order valence-electron chi connectivity index (χ3n) is 4.57. The lowest BCUT2D eigenvalue weighted by Crippen LogP contribution is -2.45. The van der Waals surface area contributed by atoms with Crippen LogP contribution in [0.15, 0.2) is 0 Å². The molecule has 1 aliphatic heterocycles. The minimum absolute atomic E-state index is 0.759. The molecule has 0 amide bonds. The lowest BCUT2D eigenvalue weighted by atomic mass is 9.83. The zero-order valence-corrected chi connectivity index (χ0v) is 10.9. The van der Waals surface area contributed by atoms with Gasteiger partial charge < -0.3 is 10.6 Å². The van der Waals surface area contributed by atoms with E-state index < -0.39 is 0 Å². The number of hydrogen-bond acceptors (Lipinski definition) is 3. The van der Waals surface area contributed by atoms with E-state index in [1.54, 1.807) is 0 Å². The highest BCUT2D eigenvalue weighted by Gasteiger charge is 2.34. The lowest BCUT2D eigenvalue weighted by Gasteiger charge is -2.37. The smallest absolute Gasteiger partial charge is 0.0229 e. The summed E-state index contributed by atoms with van der Waals surface area (Å²) in [5, 5.41) is 0. The zero-order chi connectivity index (χ0) is 11.5. The lowest BCUT2D eigenvalue weighted by molar-refractivity contribution is 0.124. The first kappa shape index (κ1) is 12.3. The minimum atomic E-state index is 0.759. The molecular weight excluding hydrogens is 198 g/mol. The van der Waals surface area contributed by atoms with Crippen molar-refractivity contribution in [2.45, 2.75) is 44.2 Å². The van der Waals surface area contributed by atoms with Crippen molar-refractivity contribution >= 4 is 0 Å². The maximum atomic E-state index is 5.92. The average molecular weight is 225 g/mol. The number of rotatable bonds is 3. The van der Waals surface area contributed by atoms with Gasteiger partial charge in [0.25, 0.3) is 0 Å². The van der Waals surface area contributed by atoms with Crippen LogP contribution in [-0.4, -0.2) is 55.6 Å². The summed E-state index contributed by atoms with van der Waals surface area (Å²) in [6.07, 6.45) is 6.86. The molecule has 0 aromatic rings. The molecule has 2 N–H and O–H groups in total. The summed E-state index contributed by atoms with van der Waals surface area (Å²) in [6.45, 7) is 3.42. The first-order chi connectivity index (χ1) is 7.72. The zero-order valence-electron chi connectivity index (χ0n) is 10.9. The molecule has 3 heteroatoms. The van der Waals surface area contributed by atoms with Crippen molar-refractivity contribution in [2.75, 3.05) is 33.7 Å². The predicted molar refractivity (Wildman–Crippen MR) is 68.5 cm³/mol. The Kier molecular flexibility index (Phi) is 4.22. The fourth-order valence-corrected chi connectivity index (χ4v) is 3.43. The van der Waals surface area contributed by atoms with Crippen LogP contribution in [0.5, 0.6) is 0 Å². The molecule has 3 nitrogen and oxygen atoms in total. The van der Waals surface area contributed by atoms with E-state index >= 15 is 0 Å². The van der Waals surface area contributed by atoms with Crippen LogP contribution in [0.25, 0.3) is 0 Å². The van der Waals surface area contributed by atoms with E-state index in [9.17, 15) is 0 Å². The molecule has 3 atom stereocenters. The van der Waals surface area contributed by atoms with Gasteiger partial charge in [-0.05, 0) is 45.8 Å². The fourth-order valence-electron chi connectivity index (χ4n) is 3.43. The molecule has 1 saturated carbocycles. The molecule has 0 spiro atoms. The maximum absolute atomic E-state index is 5.92. The van der Waals surface area contributed by atoms with Crippen molar-refractivity contribution in [3.8, 4) is 0 Å². The van der Waals surface area contributed by atoms with Crippen LogP contribution in [0.1, 0.15) is 32.1 Å². The molecule has 94 valence electrons. The molecule has 1 aliphatic carbocycles. The molecule has 0 aromatic heterocycles. The highest BCUT2D eigenvalue weighted by molar-refractivity contribution is 4.90. The Morgan fingerprint density at radius 3 is 2.56 bits per heavy atom. The molecule has 0 bridgehead atoms. The Hall–Kier alpha value is -0.120. The third-order valence-corrected chi connectivity index (χ3v) is 4.57. The SMILES string of the molecule is CN(C)C1CCN(C2CCCCC2CN)C1. The first-order valence-corrected chi connectivity index (χ1v) is 6.83. The van der Waals surface area contributed by atoms with E-state index in [-0.39, 0.29) is 0 Å². The van der Waals surface area contributed by atoms with Gasteiger partial charge in [0.2, 0.25) is 0 Å². The van der Waals surface area contributed by atoms with Crippen LogP contribution in [0.2, 0.25) is 0 Å². The topological polar surface area (TPSA) is 32.5 Å². The van der Waals surface area contributed by atoms with Crippen LogP contribution in [0.3, 0.4) is 0 Å². The second-order valence-corrected chi connectivity index (χ2v) is 5.75. The Morgan fingerprint density at radius 2 is 1.94 bits per heavy atom. The van der Waals surface area contributed by atoms with Crippen molar-refractivity contribution in [2.24, 2.45) is 11.7 Å². The van der Waals surface area contributed by atoms with Crippen LogP contribution >= 0.6 is 0 Å². The molecule has 2 rings (SSSR count). The van der Waals surface area contributed by atoms with Gasteiger partial charge in [-0.2, -0.15) is 0 Å². The Bertz CT molecular complexity index is 217. The second kappa shape index (κ2) is 5.48. The van der Waals surface area contributed by atoms with E-state index in [1.165, 1.54) is 45.2 Å². The van der Waals surface area contributed by atoms with E-state index in [0.717, 1.165) is 24.5 Å². The summed E-state index contributed by atoms with van der Waals surface area (Å²) in [6, 6.07) is 1.55. The summed E-state index contributed by atoms with van der Waals surface area (Å²) < 4.78 is 0. The highest BCUT2D eigenvalue weighted by atomic mass is 15.2. The van der Waals surface area contributed by atoms with Crippen LogP contribution in [-0.2, 0) is 0 Å². The number of nitrogens with two attached hydrogens (primary N) is 1. The van der Waals surface area contributed by atoms with Crippen molar-refractivity contribution in [3.05, 3.63) is 0 Å². The van der Waals surface area contributed by atoms with E-state index in [2.05, 4.69) is 23.9 Å². The van der Waals surface area contributed by atoms with Crippen LogP contribution < -0.4 is 5.73 Å². The van der Waals surface area contributed by atoms with Crippen molar-refractivity contribution in [1.29, 1.82) is 0 Å². The first-order valence-electron chi connectivity index (χ1n) is 6.83. The van der Waals surface area contributed by atoms with Crippen molar-refractivity contribution in [3.63, 3.8) is 0 Å². The van der Waals surface area contributed by atoms with E-state index in [1.807, 2.05) is 0 Å². The number of likely N-dealkylation sites (tertiary alicyclic amines) is 1. The minimum Gasteiger partial charge on any atom is -0.330 e. The summed E-state index contributed by atoms with van der Waals surface area (Å²) in [5.41, 5.74) is 5.92. The van der Waals surface area contributed by atoms with Crippen molar-refractivity contribution in [1.82, 2.24) is 9.80 Å². The molecule has 0 aromatic carbocycles. The van der Waals surface area contributed by atoms with Gasteiger partial charge in [0.05, 0.1) is 0 Å². The van der Waals surface area contributed by atoms with E-state index in [4.69, 9.17) is 5.73 Å². The number of nitrogens with zero attached hydrogens (tertiary/aromatic N) is 2. The van der Waals surface area contributed by atoms with Gasteiger partial charge in [-0.15, -0.1) is 0 Å². The third kappa shape index (κ3) is 2.58. The van der Waals surface area contributed by atoms with Gasteiger partial charge in [-0.3, -0.25) is 4.90 Å². The predicted octanol–water partition coefficient (Wildman–Crippen LogP) is 1.14.